The van der Waals surface area contributed by atoms with Crippen molar-refractivity contribution in [2.45, 2.75) is 18.4 Å². The third kappa shape index (κ3) is 1.75. The summed E-state index contributed by atoms with van der Waals surface area (Å²) in [6, 6.07) is 23.7. The van der Waals surface area contributed by atoms with Gasteiger partial charge in [0.1, 0.15) is 0 Å². The zero-order valence-corrected chi connectivity index (χ0v) is 11.3. The maximum atomic E-state index is 6.72. The lowest BCUT2D eigenvalue weighted by Crippen LogP contribution is -2.37. The van der Waals surface area contributed by atoms with Gasteiger partial charge in [-0.15, -0.1) is 0 Å². The van der Waals surface area contributed by atoms with E-state index in [9.17, 15) is 0 Å². The van der Waals surface area contributed by atoms with Crippen LogP contribution < -0.4 is 5.73 Å². The molecule has 0 saturated heterocycles. The van der Waals surface area contributed by atoms with E-state index in [1.165, 1.54) is 27.5 Å². The Morgan fingerprint density at radius 2 is 1.30 bits per heavy atom. The molecule has 20 heavy (non-hydrogen) atoms. The van der Waals surface area contributed by atoms with Crippen LogP contribution in [-0.2, 0) is 18.4 Å². The van der Waals surface area contributed by atoms with Crippen molar-refractivity contribution in [2.75, 3.05) is 0 Å². The fourth-order valence-electron chi connectivity index (χ4n) is 3.35. The normalized spacial score (nSPS) is 16.2. The Morgan fingerprint density at radius 1 is 0.700 bits per heavy atom. The Morgan fingerprint density at radius 3 is 2.00 bits per heavy atom. The molecule has 0 spiro atoms. The third-order valence-corrected chi connectivity index (χ3v) is 4.45. The van der Waals surface area contributed by atoms with Crippen LogP contribution in [0.1, 0.15) is 16.7 Å². The minimum atomic E-state index is -0.256. The van der Waals surface area contributed by atoms with Gasteiger partial charge in [0.05, 0.1) is 0 Å². The molecular weight excluding hydrogens is 242 g/mol. The number of hydrogen-bond donors (Lipinski definition) is 1. The summed E-state index contributed by atoms with van der Waals surface area (Å²) in [5.41, 5.74) is 10.5. The molecule has 98 valence electrons. The minimum Gasteiger partial charge on any atom is -0.321 e. The van der Waals surface area contributed by atoms with E-state index in [0.29, 0.717) is 0 Å². The van der Waals surface area contributed by atoms with E-state index in [-0.39, 0.29) is 5.54 Å². The first kappa shape index (κ1) is 11.7. The zero-order chi connectivity index (χ0) is 13.6. The highest BCUT2D eigenvalue weighted by atomic mass is 14.8. The standard InChI is InChI=1S/C19H17N/c20-19(12-16-7-3-4-8-17(16)13-19)18-10-9-14-5-1-2-6-15(14)11-18/h1-11H,12-13,20H2. The fourth-order valence-corrected chi connectivity index (χ4v) is 3.35. The smallest absolute Gasteiger partial charge is 0.0491 e. The van der Waals surface area contributed by atoms with Gasteiger partial charge in [-0.05, 0) is 46.4 Å². The Bertz CT molecular complexity index is 763. The van der Waals surface area contributed by atoms with Crippen molar-refractivity contribution in [1.82, 2.24) is 0 Å². The number of fused-ring (bicyclic) bond motifs is 2. The Hall–Kier alpha value is -2.12. The lowest BCUT2D eigenvalue weighted by molar-refractivity contribution is 0.473. The van der Waals surface area contributed by atoms with Gasteiger partial charge in [-0.3, -0.25) is 0 Å². The molecule has 0 aromatic heterocycles. The molecule has 0 saturated carbocycles. The summed E-state index contributed by atoms with van der Waals surface area (Å²) < 4.78 is 0. The molecule has 1 aliphatic rings. The zero-order valence-electron chi connectivity index (χ0n) is 11.3. The molecule has 1 heteroatoms. The second-order valence-electron chi connectivity index (χ2n) is 5.84. The molecule has 0 unspecified atom stereocenters. The minimum absolute atomic E-state index is 0.256. The van der Waals surface area contributed by atoms with Crippen LogP contribution in [0.2, 0.25) is 0 Å². The maximum Gasteiger partial charge on any atom is 0.0491 e. The van der Waals surface area contributed by atoms with E-state index >= 15 is 0 Å². The molecule has 3 aromatic rings. The van der Waals surface area contributed by atoms with Crippen LogP contribution in [0.3, 0.4) is 0 Å². The predicted octanol–water partition coefficient (Wildman–Crippen LogP) is 3.79. The molecule has 0 atom stereocenters. The lowest BCUT2D eigenvalue weighted by atomic mass is 9.87. The Kier molecular flexibility index (Phi) is 2.45. The monoisotopic (exact) mass is 259 g/mol. The summed E-state index contributed by atoms with van der Waals surface area (Å²) in [6.45, 7) is 0. The van der Waals surface area contributed by atoms with Crippen LogP contribution in [0.25, 0.3) is 10.8 Å². The molecule has 0 fully saturated rings. The molecule has 2 N–H and O–H groups in total. The average molecular weight is 259 g/mol. The quantitative estimate of drug-likeness (QED) is 0.707. The number of hydrogen-bond acceptors (Lipinski definition) is 1. The van der Waals surface area contributed by atoms with E-state index in [0.717, 1.165) is 12.8 Å². The molecule has 0 aliphatic heterocycles. The maximum absolute atomic E-state index is 6.72. The highest BCUT2D eigenvalue weighted by Gasteiger charge is 2.34. The van der Waals surface area contributed by atoms with Gasteiger partial charge in [0, 0.05) is 5.54 Å². The van der Waals surface area contributed by atoms with E-state index < -0.39 is 0 Å². The van der Waals surface area contributed by atoms with Crippen LogP contribution in [-0.4, -0.2) is 0 Å². The van der Waals surface area contributed by atoms with Crippen molar-refractivity contribution < 1.29 is 0 Å². The van der Waals surface area contributed by atoms with Crippen molar-refractivity contribution in [3.05, 3.63) is 83.4 Å². The molecule has 4 rings (SSSR count). The predicted molar refractivity (Wildman–Crippen MR) is 83.7 cm³/mol. The lowest BCUT2D eigenvalue weighted by Gasteiger charge is -2.24. The van der Waals surface area contributed by atoms with Crippen LogP contribution in [0, 0.1) is 0 Å². The third-order valence-electron chi connectivity index (χ3n) is 4.45. The van der Waals surface area contributed by atoms with Crippen molar-refractivity contribution in [3.63, 3.8) is 0 Å². The summed E-state index contributed by atoms with van der Waals surface area (Å²) in [5, 5.41) is 2.54. The Labute approximate surface area is 119 Å². The fraction of sp³-hybridized carbons (Fsp3) is 0.158. The van der Waals surface area contributed by atoms with Crippen LogP contribution in [0.5, 0.6) is 0 Å². The first-order valence-corrected chi connectivity index (χ1v) is 7.10. The number of rotatable bonds is 1. The first-order valence-electron chi connectivity index (χ1n) is 7.10. The van der Waals surface area contributed by atoms with Crippen LogP contribution in [0.4, 0.5) is 0 Å². The summed E-state index contributed by atoms with van der Waals surface area (Å²) in [6.07, 6.45) is 1.86. The van der Waals surface area contributed by atoms with Crippen LogP contribution >= 0.6 is 0 Å². The van der Waals surface area contributed by atoms with Gasteiger partial charge in [-0.25, -0.2) is 0 Å². The van der Waals surface area contributed by atoms with Gasteiger partial charge in [0.15, 0.2) is 0 Å². The summed E-state index contributed by atoms with van der Waals surface area (Å²) in [4.78, 5) is 0. The topological polar surface area (TPSA) is 26.0 Å². The van der Waals surface area contributed by atoms with Crippen LogP contribution in [0.15, 0.2) is 66.7 Å². The summed E-state index contributed by atoms with van der Waals surface area (Å²) in [7, 11) is 0. The molecule has 0 bridgehead atoms. The second kappa shape index (κ2) is 4.19. The van der Waals surface area contributed by atoms with Gasteiger partial charge in [-0.1, -0.05) is 60.7 Å². The van der Waals surface area contributed by atoms with Gasteiger partial charge < -0.3 is 5.73 Å². The highest BCUT2D eigenvalue weighted by Crippen LogP contribution is 2.36. The van der Waals surface area contributed by atoms with Crippen molar-refractivity contribution >= 4 is 10.8 Å². The molecule has 3 aromatic carbocycles. The molecular formula is C19H17N. The average Bonchev–Trinajstić information content (AvgIpc) is 2.84. The SMILES string of the molecule is NC1(c2ccc3ccccc3c2)Cc2ccccc2C1. The summed E-state index contributed by atoms with van der Waals surface area (Å²) in [5.74, 6) is 0. The Balaban J connectivity index is 1.80. The molecule has 0 heterocycles. The van der Waals surface area contributed by atoms with Gasteiger partial charge in [0.2, 0.25) is 0 Å². The van der Waals surface area contributed by atoms with E-state index in [2.05, 4.69) is 66.7 Å². The van der Waals surface area contributed by atoms with E-state index in [1.54, 1.807) is 0 Å². The van der Waals surface area contributed by atoms with E-state index in [4.69, 9.17) is 5.73 Å². The number of benzene rings is 3. The van der Waals surface area contributed by atoms with Gasteiger partial charge in [-0.2, -0.15) is 0 Å². The van der Waals surface area contributed by atoms with Crippen molar-refractivity contribution in [1.29, 1.82) is 0 Å². The molecule has 1 aliphatic carbocycles. The second-order valence-corrected chi connectivity index (χ2v) is 5.84. The number of nitrogens with two attached hydrogens (primary N) is 1. The van der Waals surface area contributed by atoms with E-state index in [1.807, 2.05) is 0 Å². The largest absolute Gasteiger partial charge is 0.321 e. The summed E-state index contributed by atoms with van der Waals surface area (Å²) >= 11 is 0. The van der Waals surface area contributed by atoms with Gasteiger partial charge in [0.25, 0.3) is 0 Å². The molecule has 1 nitrogen and oxygen atoms in total. The highest BCUT2D eigenvalue weighted by molar-refractivity contribution is 5.83. The van der Waals surface area contributed by atoms with Gasteiger partial charge >= 0.3 is 0 Å². The van der Waals surface area contributed by atoms with Crippen molar-refractivity contribution in [3.8, 4) is 0 Å². The molecule has 0 amide bonds. The first-order chi connectivity index (χ1) is 9.74. The van der Waals surface area contributed by atoms with Crippen molar-refractivity contribution in [2.24, 2.45) is 5.73 Å². The molecule has 0 radical (unpaired) electrons.